The quantitative estimate of drug-likeness (QED) is 0.509. The van der Waals surface area contributed by atoms with E-state index in [0.717, 1.165) is 0 Å². The second-order valence-electron chi connectivity index (χ2n) is 1.83. The van der Waals surface area contributed by atoms with Crippen molar-refractivity contribution in [1.29, 1.82) is 0 Å². The molecule has 0 aliphatic rings. The van der Waals surface area contributed by atoms with E-state index >= 15 is 0 Å². The zero-order chi connectivity index (χ0) is 7.28. The molecule has 0 bridgehead atoms. The smallest absolute Gasteiger partial charge is 0.243 e. The van der Waals surface area contributed by atoms with Crippen LogP contribution in [0.25, 0.3) is 0 Å². The van der Waals surface area contributed by atoms with Gasteiger partial charge in [0, 0.05) is 0 Å². The molecule has 4 nitrogen and oxygen atoms in total. The lowest BCUT2D eigenvalue weighted by Crippen LogP contribution is -2.21. The minimum absolute atomic E-state index is 0.120. The number of hydrogen-bond donors (Lipinski definition) is 2. The minimum Gasteiger partial charge on any atom is -0.391 e. The molecular formula is C5H11NO3. The summed E-state index contributed by atoms with van der Waals surface area (Å²) >= 11 is 0. The molecule has 0 aromatic carbocycles. The third kappa shape index (κ3) is 7.39. The van der Waals surface area contributed by atoms with Gasteiger partial charge >= 0.3 is 0 Å². The molecule has 0 spiro atoms. The summed E-state index contributed by atoms with van der Waals surface area (Å²) in [5.41, 5.74) is 4.73. The van der Waals surface area contributed by atoms with Gasteiger partial charge in [-0.05, 0) is 6.92 Å². The Labute approximate surface area is 53.6 Å². The number of amides is 1. The van der Waals surface area contributed by atoms with E-state index in [1.54, 1.807) is 6.92 Å². The predicted molar refractivity (Wildman–Crippen MR) is 31.7 cm³/mol. The number of aliphatic hydroxyl groups excluding tert-OH is 1. The molecule has 1 unspecified atom stereocenters. The third-order valence-corrected chi connectivity index (χ3v) is 0.603. The molecule has 1 atom stereocenters. The summed E-state index contributed by atoms with van der Waals surface area (Å²) in [6.45, 7) is 1.61. The maximum Gasteiger partial charge on any atom is 0.243 e. The Kier molecular flexibility index (Phi) is 4.00. The van der Waals surface area contributed by atoms with Crippen LogP contribution in [0.15, 0.2) is 0 Å². The van der Waals surface area contributed by atoms with Gasteiger partial charge in [-0.15, -0.1) is 0 Å². The van der Waals surface area contributed by atoms with E-state index in [1.165, 1.54) is 0 Å². The van der Waals surface area contributed by atoms with Crippen LogP contribution in [0.3, 0.4) is 0 Å². The molecule has 0 aromatic heterocycles. The molecule has 3 N–H and O–H groups in total. The Morgan fingerprint density at radius 2 is 2.44 bits per heavy atom. The number of primary amides is 1. The molecule has 0 radical (unpaired) electrons. The number of aliphatic hydroxyl groups is 1. The summed E-state index contributed by atoms with van der Waals surface area (Å²) in [5.74, 6) is -0.518. The fourth-order valence-corrected chi connectivity index (χ4v) is 0.330. The highest BCUT2D eigenvalue weighted by atomic mass is 16.5. The summed E-state index contributed by atoms with van der Waals surface area (Å²) in [4.78, 5) is 10.00. The van der Waals surface area contributed by atoms with Crippen molar-refractivity contribution in [2.45, 2.75) is 13.0 Å². The lowest BCUT2D eigenvalue weighted by Gasteiger charge is -2.02. The molecule has 0 heterocycles. The van der Waals surface area contributed by atoms with Gasteiger partial charge in [-0.25, -0.2) is 0 Å². The van der Waals surface area contributed by atoms with Crippen LogP contribution in [0.2, 0.25) is 0 Å². The zero-order valence-corrected chi connectivity index (χ0v) is 5.33. The van der Waals surface area contributed by atoms with E-state index < -0.39 is 12.0 Å². The van der Waals surface area contributed by atoms with Crippen molar-refractivity contribution in [3.63, 3.8) is 0 Å². The summed E-state index contributed by atoms with van der Waals surface area (Å²) in [6, 6.07) is 0. The van der Waals surface area contributed by atoms with Crippen LogP contribution in [-0.4, -0.2) is 30.3 Å². The van der Waals surface area contributed by atoms with E-state index in [-0.39, 0.29) is 13.2 Å². The highest BCUT2D eigenvalue weighted by molar-refractivity contribution is 5.74. The highest BCUT2D eigenvalue weighted by Crippen LogP contribution is 1.80. The molecule has 0 saturated carbocycles. The number of nitrogens with two attached hydrogens (primary N) is 1. The largest absolute Gasteiger partial charge is 0.391 e. The van der Waals surface area contributed by atoms with Crippen LogP contribution >= 0.6 is 0 Å². The van der Waals surface area contributed by atoms with Crippen molar-refractivity contribution < 1.29 is 14.6 Å². The van der Waals surface area contributed by atoms with Crippen LogP contribution in [0, 0.1) is 0 Å². The Bertz CT molecular complexity index is 92.2. The van der Waals surface area contributed by atoms with Crippen molar-refractivity contribution in [3.05, 3.63) is 0 Å². The minimum atomic E-state index is -0.538. The number of rotatable bonds is 4. The zero-order valence-electron chi connectivity index (χ0n) is 5.33. The van der Waals surface area contributed by atoms with Crippen molar-refractivity contribution in [1.82, 2.24) is 0 Å². The monoisotopic (exact) mass is 133 g/mol. The van der Waals surface area contributed by atoms with Crippen molar-refractivity contribution in [2.24, 2.45) is 5.73 Å². The summed E-state index contributed by atoms with van der Waals surface area (Å²) in [5, 5.41) is 8.59. The summed E-state index contributed by atoms with van der Waals surface area (Å²) in [7, 11) is 0. The molecule has 0 fully saturated rings. The van der Waals surface area contributed by atoms with Crippen LogP contribution in [0.1, 0.15) is 6.92 Å². The molecule has 1 amide bonds. The second kappa shape index (κ2) is 4.29. The maximum absolute atomic E-state index is 10.00. The Hall–Kier alpha value is -0.610. The Morgan fingerprint density at radius 1 is 1.89 bits per heavy atom. The second-order valence-corrected chi connectivity index (χ2v) is 1.83. The number of carbonyl (C=O) groups is 1. The fraction of sp³-hybridized carbons (Fsp3) is 0.800. The van der Waals surface area contributed by atoms with Gasteiger partial charge in [0.15, 0.2) is 0 Å². The SMILES string of the molecule is CC(O)COCC(N)=O. The number of carbonyl (C=O) groups excluding carboxylic acids is 1. The van der Waals surface area contributed by atoms with E-state index in [2.05, 4.69) is 4.74 Å². The van der Waals surface area contributed by atoms with Gasteiger partial charge in [0.25, 0.3) is 0 Å². The molecule has 0 aliphatic heterocycles. The van der Waals surface area contributed by atoms with E-state index in [9.17, 15) is 4.79 Å². The van der Waals surface area contributed by atoms with E-state index in [4.69, 9.17) is 10.8 Å². The topological polar surface area (TPSA) is 72.6 Å². The van der Waals surface area contributed by atoms with Gasteiger partial charge < -0.3 is 15.6 Å². The molecule has 9 heavy (non-hydrogen) atoms. The van der Waals surface area contributed by atoms with Gasteiger partial charge in [0.05, 0.1) is 12.7 Å². The van der Waals surface area contributed by atoms with Crippen LogP contribution in [-0.2, 0) is 9.53 Å². The number of hydrogen-bond acceptors (Lipinski definition) is 3. The molecule has 0 aliphatic carbocycles. The van der Waals surface area contributed by atoms with Crippen LogP contribution in [0.5, 0.6) is 0 Å². The fourth-order valence-electron chi connectivity index (χ4n) is 0.330. The predicted octanol–water partition coefficient (Wildman–Crippen LogP) is -1.13. The third-order valence-electron chi connectivity index (χ3n) is 0.603. The summed E-state index contributed by atoms with van der Waals surface area (Å²) < 4.78 is 4.63. The molecule has 0 saturated heterocycles. The molecule has 4 heteroatoms. The lowest BCUT2D eigenvalue weighted by atomic mass is 10.4. The van der Waals surface area contributed by atoms with Crippen LogP contribution in [0.4, 0.5) is 0 Å². The first-order valence-electron chi connectivity index (χ1n) is 2.67. The number of ether oxygens (including phenoxy) is 1. The molecule has 54 valence electrons. The van der Waals surface area contributed by atoms with Gasteiger partial charge in [0.2, 0.25) is 5.91 Å². The first-order valence-corrected chi connectivity index (χ1v) is 2.67. The van der Waals surface area contributed by atoms with Gasteiger partial charge in [-0.1, -0.05) is 0 Å². The van der Waals surface area contributed by atoms with Crippen molar-refractivity contribution in [3.8, 4) is 0 Å². The molecule has 0 aromatic rings. The lowest BCUT2D eigenvalue weighted by molar-refractivity contribution is -0.123. The van der Waals surface area contributed by atoms with Crippen molar-refractivity contribution in [2.75, 3.05) is 13.2 Å². The first-order chi connectivity index (χ1) is 4.13. The Morgan fingerprint density at radius 3 is 2.78 bits per heavy atom. The highest BCUT2D eigenvalue weighted by Gasteiger charge is 1.96. The van der Waals surface area contributed by atoms with Gasteiger partial charge in [-0.2, -0.15) is 0 Å². The summed E-state index contributed by atoms with van der Waals surface area (Å²) in [6.07, 6.45) is -0.538. The average Bonchev–Trinajstić information content (AvgIpc) is 1.63. The Balaban J connectivity index is 3.01. The normalized spacial score (nSPS) is 13.1. The van der Waals surface area contributed by atoms with Gasteiger partial charge in [0.1, 0.15) is 6.61 Å². The van der Waals surface area contributed by atoms with Gasteiger partial charge in [-0.3, -0.25) is 4.79 Å². The maximum atomic E-state index is 10.00. The van der Waals surface area contributed by atoms with Crippen LogP contribution < -0.4 is 5.73 Å². The van der Waals surface area contributed by atoms with E-state index in [1.807, 2.05) is 0 Å². The van der Waals surface area contributed by atoms with E-state index in [0.29, 0.717) is 0 Å². The molecule has 0 rings (SSSR count). The first kappa shape index (κ1) is 8.39. The molecular weight excluding hydrogens is 122 g/mol. The average molecular weight is 133 g/mol. The van der Waals surface area contributed by atoms with Crippen molar-refractivity contribution >= 4 is 5.91 Å². The standard InChI is InChI=1S/C5H11NO3/c1-4(7)2-9-3-5(6)8/h4,7H,2-3H2,1H3,(H2,6,8).